The maximum atomic E-state index is 5.84. The van der Waals surface area contributed by atoms with Crippen LogP contribution in [0.1, 0.15) is 10.7 Å². The molecule has 126 valence electrons. The zero-order valence-electron chi connectivity index (χ0n) is 13.5. The van der Waals surface area contributed by atoms with Crippen LogP contribution in [-0.4, -0.2) is 36.7 Å². The van der Waals surface area contributed by atoms with Crippen molar-refractivity contribution in [2.75, 3.05) is 17.6 Å². The second-order valence-corrected chi connectivity index (χ2v) is 6.61. The summed E-state index contributed by atoms with van der Waals surface area (Å²) in [5.41, 5.74) is 8.67. The Bertz CT molecular complexity index is 1020. The molecule has 0 aliphatic rings. The van der Waals surface area contributed by atoms with Crippen molar-refractivity contribution in [3.8, 4) is 11.4 Å². The zero-order valence-corrected chi connectivity index (χ0v) is 14.3. The number of benzene rings is 1. The molecule has 8 nitrogen and oxygen atoms in total. The summed E-state index contributed by atoms with van der Waals surface area (Å²) in [6.45, 7) is 2.67. The zero-order chi connectivity index (χ0) is 17.2. The van der Waals surface area contributed by atoms with Gasteiger partial charge in [-0.25, -0.2) is 4.98 Å². The normalized spacial score (nSPS) is 11.1. The molecule has 0 fully saturated rings. The van der Waals surface area contributed by atoms with Gasteiger partial charge in [-0.15, -0.1) is 11.3 Å². The molecule has 0 saturated heterocycles. The number of hydrogen-bond donors (Lipinski definition) is 3. The Morgan fingerprint density at radius 3 is 2.96 bits per heavy atom. The molecule has 0 saturated carbocycles. The number of hydrogen-bond acceptors (Lipinski definition) is 8. The van der Waals surface area contributed by atoms with Crippen LogP contribution in [0.4, 0.5) is 11.9 Å². The average Bonchev–Trinajstić information content (AvgIpc) is 3.22. The maximum Gasteiger partial charge on any atom is 0.228 e. The van der Waals surface area contributed by atoms with Gasteiger partial charge in [0, 0.05) is 29.3 Å². The summed E-state index contributed by atoms with van der Waals surface area (Å²) in [7, 11) is 0. The third-order valence-corrected chi connectivity index (χ3v) is 4.51. The fourth-order valence-electron chi connectivity index (χ4n) is 2.50. The lowest BCUT2D eigenvalue weighted by Crippen LogP contribution is -2.11. The third kappa shape index (κ3) is 3.41. The average molecular weight is 352 g/mol. The summed E-state index contributed by atoms with van der Waals surface area (Å²) in [5, 5.41) is 14.3. The molecule has 4 aromatic rings. The van der Waals surface area contributed by atoms with Crippen molar-refractivity contribution in [2.45, 2.75) is 13.3 Å². The molecule has 0 spiro atoms. The largest absolute Gasteiger partial charge is 0.368 e. The topological polar surface area (TPSA) is 118 Å². The summed E-state index contributed by atoms with van der Waals surface area (Å²) in [6, 6.07) is 5.85. The minimum atomic E-state index is 0.182. The predicted octanol–water partition coefficient (Wildman–Crippen LogP) is 2.42. The van der Waals surface area contributed by atoms with Crippen LogP contribution in [0.15, 0.2) is 29.8 Å². The van der Waals surface area contributed by atoms with E-state index >= 15 is 0 Å². The van der Waals surface area contributed by atoms with Gasteiger partial charge in [0.2, 0.25) is 11.9 Å². The van der Waals surface area contributed by atoms with Gasteiger partial charge in [0.15, 0.2) is 5.82 Å². The first-order chi connectivity index (χ1) is 12.2. The van der Waals surface area contributed by atoms with Crippen LogP contribution in [0.5, 0.6) is 0 Å². The number of aryl methyl sites for hydroxylation is 1. The van der Waals surface area contributed by atoms with E-state index in [0.29, 0.717) is 18.3 Å². The van der Waals surface area contributed by atoms with Gasteiger partial charge < -0.3 is 11.1 Å². The molecular formula is C16H16N8S. The van der Waals surface area contributed by atoms with Gasteiger partial charge in [0.25, 0.3) is 0 Å². The molecule has 9 heteroatoms. The number of nitrogens with zero attached hydrogens (tertiary/aromatic N) is 5. The standard InChI is InChI=1S/C16H16N8S/c1-9-20-12(8-25-9)4-5-18-16-22-14(21-15(17)23-16)10-2-3-11-7-19-24-13(11)6-10/h2-3,6-8H,4-5H2,1H3,(H,19,24)(H3,17,18,21,22,23). The molecule has 0 aliphatic heterocycles. The van der Waals surface area contributed by atoms with Crippen molar-refractivity contribution >= 4 is 34.1 Å². The van der Waals surface area contributed by atoms with E-state index in [4.69, 9.17) is 5.73 Å². The van der Waals surface area contributed by atoms with Gasteiger partial charge in [-0.3, -0.25) is 5.10 Å². The molecule has 4 N–H and O–H groups in total. The lowest BCUT2D eigenvalue weighted by molar-refractivity contribution is 0.940. The minimum Gasteiger partial charge on any atom is -0.368 e. The maximum absolute atomic E-state index is 5.84. The van der Waals surface area contributed by atoms with E-state index in [2.05, 4.69) is 40.8 Å². The molecule has 3 heterocycles. The summed E-state index contributed by atoms with van der Waals surface area (Å²) < 4.78 is 0. The lowest BCUT2D eigenvalue weighted by Gasteiger charge is -2.07. The summed E-state index contributed by atoms with van der Waals surface area (Å²) in [6.07, 6.45) is 2.57. The number of anilines is 2. The fourth-order valence-corrected chi connectivity index (χ4v) is 3.15. The number of H-pyrrole nitrogens is 1. The van der Waals surface area contributed by atoms with Crippen molar-refractivity contribution in [1.29, 1.82) is 0 Å². The Morgan fingerprint density at radius 1 is 1.20 bits per heavy atom. The Hall–Kier alpha value is -3.07. The number of aromatic nitrogens is 6. The van der Waals surface area contributed by atoms with E-state index in [1.54, 1.807) is 17.5 Å². The van der Waals surface area contributed by atoms with Crippen molar-refractivity contribution in [1.82, 2.24) is 30.1 Å². The fraction of sp³-hybridized carbons (Fsp3) is 0.188. The van der Waals surface area contributed by atoms with Crippen LogP contribution in [0, 0.1) is 6.92 Å². The van der Waals surface area contributed by atoms with Gasteiger partial charge >= 0.3 is 0 Å². The Labute approximate surface area is 147 Å². The summed E-state index contributed by atoms with van der Waals surface area (Å²) in [5.74, 6) is 1.16. The van der Waals surface area contributed by atoms with Crippen LogP contribution in [0.3, 0.4) is 0 Å². The lowest BCUT2D eigenvalue weighted by atomic mass is 10.1. The van der Waals surface area contributed by atoms with Crippen molar-refractivity contribution in [2.24, 2.45) is 0 Å². The van der Waals surface area contributed by atoms with Crippen molar-refractivity contribution < 1.29 is 0 Å². The van der Waals surface area contributed by atoms with Crippen molar-refractivity contribution in [3.63, 3.8) is 0 Å². The monoisotopic (exact) mass is 352 g/mol. The molecule has 0 bridgehead atoms. The molecule has 0 radical (unpaired) electrons. The van der Waals surface area contributed by atoms with Crippen LogP contribution in [0.25, 0.3) is 22.3 Å². The van der Waals surface area contributed by atoms with E-state index < -0.39 is 0 Å². The number of aromatic amines is 1. The Kier molecular flexibility index (Phi) is 3.98. The van der Waals surface area contributed by atoms with Crippen LogP contribution in [-0.2, 0) is 6.42 Å². The molecule has 4 rings (SSSR count). The highest BCUT2D eigenvalue weighted by Crippen LogP contribution is 2.21. The first-order valence-corrected chi connectivity index (χ1v) is 8.65. The highest BCUT2D eigenvalue weighted by Gasteiger charge is 2.08. The van der Waals surface area contributed by atoms with E-state index in [1.165, 1.54) is 0 Å². The molecule has 0 amide bonds. The third-order valence-electron chi connectivity index (χ3n) is 3.68. The highest BCUT2D eigenvalue weighted by molar-refractivity contribution is 7.09. The number of nitrogen functional groups attached to an aromatic ring is 1. The summed E-state index contributed by atoms with van der Waals surface area (Å²) in [4.78, 5) is 17.3. The van der Waals surface area contributed by atoms with E-state index in [9.17, 15) is 0 Å². The predicted molar refractivity (Wildman–Crippen MR) is 98.4 cm³/mol. The first-order valence-electron chi connectivity index (χ1n) is 7.77. The summed E-state index contributed by atoms with van der Waals surface area (Å²) >= 11 is 1.65. The number of thiazole rings is 1. The number of rotatable bonds is 5. The van der Waals surface area contributed by atoms with Gasteiger partial charge in [-0.2, -0.15) is 20.1 Å². The van der Waals surface area contributed by atoms with E-state index in [1.807, 2.05) is 25.1 Å². The molecule has 0 unspecified atom stereocenters. The van der Waals surface area contributed by atoms with Gasteiger partial charge in [-0.05, 0) is 13.0 Å². The molecule has 0 aliphatic carbocycles. The number of fused-ring (bicyclic) bond motifs is 1. The first kappa shape index (κ1) is 15.5. The van der Waals surface area contributed by atoms with Crippen LogP contribution >= 0.6 is 11.3 Å². The second kappa shape index (κ2) is 6.44. The quantitative estimate of drug-likeness (QED) is 0.505. The van der Waals surface area contributed by atoms with Gasteiger partial charge in [0.1, 0.15) is 0 Å². The molecule has 1 aromatic carbocycles. The number of nitrogens with one attached hydrogen (secondary N) is 2. The van der Waals surface area contributed by atoms with Crippen LogP contribution in [0.2, 0.25) is 0 Å². The smallest absolute Gasteiger partial charge is 0.228 e. The SMILES string of the molecule is Cc1nc(CCNc2nc(N)nc(-c3ccc4cn[nH]c4c3)n2)cs1. The molecular weight excluding hydrogens is 336 g/mol. The van der Waals surface area contributed by atoms with E-state index in [0.717, 1.165) is 33.6 Å². The minimum absolute atomic E-state index is 0.182. The second-order valence-electron chi connectivity index (χ2n) is 5.55. The molecule has 25 heavy (non-hydrogen) atoms. The van der Waals surface area contributed by atoms with Crippen molar-refractivity contribution in [3.05, 3.63) is 40.5 Å². The number of nitrogens with two attached hydrogens (primary N) is 1. The van der Waals surface area contributed by atoms with Crippen LogP contribution < -0.4 is 11.1 Å². The Morgan fingerprint density at radius 2 is 2.12 bits per heavy atom. The van der Waals surface area contributed by atoms with Gasteiger partial charge in [0.05, 0.1) is 22.4 Å². The highest BCUT2D eigenvalue weighted by atomic mass is 32.1. The Balaban J connectivity index is 1.53. The van der Waals surface area contributed by atoms with E-state index in [-0.39, 0.29) is 5.95 Å². The molecule has 3 aromatic heterocycles. The van der Waals surface area contributed by atoms with Gasteiger partial charge in [-0.1, -0.05) is 12.1 Å². The molecule has 0 atom stereocenters.